The van der Waals surface area contributed by atoms with E-state index in [1.807, 2.05) is 6.92 Å². The van der Waals surface area contributed by atoms with Crippen LogP contribution in [0.15, 0.2) is 54.4 Å². The molecule has 2 heteroatoms. The second-order valence-corrected chi connectivity index (χ2v) is 5.59. The first-order valence-corrected chi connectivity index (χ1v) is 7.74. The molecule has 0 spiro atoms. The van der Waals surface area contributed by atoms with E-state index >= 15 is 0 Å². The topological polar surface area (TPSA) is 23.8 Å². The lowest BCUT2D eigenvalue weighted by molar-refractivity contribution is 0.567. The third-order valence-corrected chi connectivity index (χ3v) is 3.91. The zero-order valence-corrected chi connectivity index (χ0v) is 13.7. The van der Waals surface area contributed by atoms with Gasteiger partial charge in [0.1, 0.15) is 5.83 Å². The van der Waals surface area contributed by atoms with Gasteiger partial charge in [0.2, 0.25) is 0 Å². The number of rotatable bonds is 7. The van der Waals surface area contributed by atoms with Crippen molar-refractivity contribution in [2.75, 3.05) is 0 Å². The summed E-state index contributed by atoms with van der Waals surface area (Å²) in [6.07, 6.45) is 6.51. The van der Waals surface area contributed by atoms with Crippen LogP contribution in [0.2, 0.25) is 0 Å². The van der Waals surface area contributed by atoms with Gasteiger partial charge in [-0.1, -0.05) is 57.0 Å². The summed E-state index contributed by atoms with van der Waals surface area (Å²) in [7, 11) is 0. The van der Waals surface area contributed by atoms with Crippen LogP contribution in [-0.2, 0) is 0 Å². The van der Waals surface area contributed by atoms with Crippen LogP contribution in [0.4, 0.5) is 4.39 Å². The smallest absolute Gasteiger partial charge is 0.130 e. The summed E-state index contributed by atoms with van der Waals surface area (Å²) >= 11 is 0. The Bertz CT molecular complexity index is 600. The molecule has 0 aromatic heterocycles. The molecular weight excluding hydrogens is 273 g/mol. The van der Waals surface area contributed by atoms with Crippen molar-refractivity contribution in [1.29, 1.82) is 5.26 Å². The van der Waals surface area contributed by atoms with Crippen molar-refractivity contribution >= 4 is 5.57 Å². The average molecular weight is 297 g/mol. The van der Waals surface area contributed by atoms with Gasteiger partial charge in [0.15, 0.2) is 0 Å². The van der Waals surface area contributed by atoms with Gasteiger partial charge in [-0.2, -0.15) is 5.26 Å². The zero-order chi connectivity index (χ0) is 16.5. The van der Waals surface area contributed by atoms with E-state index in [2.05, 4.69) is 26.5 Å². The molecule has 1 nitrogen and oxygen atoms in total. The van der Waals surface area contributed by atoms with E-state index in [-0.39, 0.29) is 5.83 Å². The van der Waals surface area contributed by atoms with Gasteiger partial charge >= 0.3 is 0 Å². The molecule has 0 aliphatic carbocycles. The van der Waals surface area contributed by atoms with E-state index < -0.39 is 0 Å². The molecule has 0 saturated carbocycles. The molecule has 22 heavy (non-hydrogen) atoms. The molecule has 0 bridgehead atoms. The number of hydrogen-bond acceptors (Lipinski definition) is 1. The van der Waals surface area contributed by atoms with Crippen LogP contribution in [0.3, 0.4) is 0 Å². The molecule has 0 aliphatic rings. The fourth-order valence-electron chi connectivity index (χ4n) is 2.24. The second kappa shape index (κ2) is 9.00. The van der Waals surface area contributed by atoms with Gasteiger partial charge in [-0.25, -0.2) is 4.39 Å². The van der Waals surface area contributed by atoms with E-state index in [1.165, 1.54) is 6.08 Å². The van der Waals surface area contributed by atoms with Crippen LogP contribution in [0, 0.1) is 17.2 Å². The molecule has 0 aliphatic heterocycles. The number of unbranched alkanes of at least 4 members (excludes halogenated alkanes) is 1. The average Bonchev–Trinajstić information content (AvgIpc) is 2.53. The van der Waals surface area contributed by atoms with Crippen LogP contribution in [-0.4, -0.2) is 0 Å². The first-order chi connectivity index (χ1) is 10.5. The first-order valence-electron chi connectivity index (χ1n) is 7.74. The molecule has 0 heterocycles. The third kappa shape index (κ3) is 5.00. The number of nitrogens with zero attached hydrogens (tertiary/aromatic N) is 1. The number of hydrogen-bond donors (Lipinski definition) is 0. The fourth-order valence-corrected chi connectivity index (χ4v) is 2.24. The highest BCUT2D eigenvalue weighted by Gasteiger charge is 2.08. The Balaban J connectivity index is 3.05. The van der Waals surface area contributed by atoms with E-state index in [9.17, 15) is 4.39 Å². The molecule has 0 amide bonds. The van der Waals surface area contributed by atoms with Gasteiger partial charge in [-0.15, -0.1) is 0 Å². The largest absolute Gasteiger partial charge is 0.206 e. The van der Waals surface area contributed by atoms with Gasteiger partial charge in [0, 0.05) is 5.57 Å². The maximum atomic E-state index is 14.5. The molecule has 1 aromatic carbocycles. The molecular formula is C20H24FN. The van der Waals surface area contributed by atoms with Crippen LogP contribution in [0.25, 0.3) is 5.57 Å². The molecule has 0 radical (unpaired) electrons. The Labute approximate surface area is 133 Å². The van der Waals surface area contributed by atoms with Crippen LogP contribution < -0.4 is 0 Å². The van der Waals surface area contributed by atoms with Crippen molar-refractivity contribution in [3.05, 3.63) is 65.5 Å². The van der Waals surface area contributed by atoms with Crippen LogP contribution in [0.5, 0.6) is 0 Å². The van der Waals surface area contributed by atoms with E-state index in [0.29, 0.717) is 17.1 Å². The molecule has 0 N–H and O–H groups in total. The number of halogens is 1. The lowest BCUT2D eigenvalue weighted by atomic mass is 9.95. The minimum absolute atomic E-state index is 0.277. The third-order valence-electron chi connectivity index (χ3n) is 3.91. The number of benzene rings is 1. The Morgan fingerprint density at radius 1 is 1.36 bits per heavy atom. The molecule has 1 atom stereocenters. The van der Waals surface area contributed by atoms with Gasteiger partial charge < -0.3 is 0 Å². The highest BCUT2D eigenvalue weighted by atomic mass is 19.1. The van der Waals surface area contributed by atoms with Crippen LogP contribution >= 0.6 is 0 Å². The Morgan fingerprint density at radius 3 is 2.50 bits per heavy atom. The summed E-state index contributed by atoms with van der Waals surface area (Å²) in [4.78, 5) is 0. The molecule has 116 valence electrons. The minimum atomic E-state index is -0.277. The fraction of sp³-hybridized carbons (Fsp3) is 0.350. The van der Waals surface area contributed by atoms with Crippen molar-refractivity contribution < 1.29 is 4.39 Å². The van der Waals surface area contributed by atoms with Crippen molar-refractivity contribution in [3.63, 3.8) is 0 Å². The lowest BCUT2D eigenvalue weighted by Crippen LogP contribution is -1.97. The molecule has 0 fully saturated rings. The predicted molar refractivity (Wildman–Crippen MR) is 91.8 cm³/mol. The highest BCUT2D eigenvalue weighted by molar-refractivity contribution is 5.77. The molecule has 1 unspecified atom stereocenters. The van der Waals surface area contributed by atoms with E-state index in [4.69, 9.17) is 5.26 Å². The normalized spacial score (nSPS) is 14.0. The Kier molecular flexibility index (Phi) is 7.32. The molecule has 1 rings (SSSR count). The first kappa shape index (κ1) is 17.9. The maximum absolute atomic E-state index is 14.5. The van der Waals surface area contributed by atoms with Gasteiger partial charge in [0.25, 0.3) is 0 Å². The molecule has 1 aromatic rings. The SMILES string of the molecule is C=C/C(=C(F)\C=C(/C)C(C)CCCC)c1ccc(C#N)cc1. The van der Waals surface area contributed by atoms with Crippen molar-refractivity contribution in [2.45, 2.75) is 40.0 Å². The van der Waals surface area contributed by atoms with Gasteiger partial charge in [-0.3, -0.25) is 0 Å². The highest BCUT2D eigenvalue weighted by Crippen LogP contribution is 2.25. The van der Waals surface area contributed by atoms with E-state index in [0.717, 1.165) is 30.4 Å². The lowest BCUT2D eigenvalue weighted by Gasteiger charge is -2.12. The summed E-state index contributed by atoms with van der Waals surface area (Å²) in [5.74, 6) is 0.0956. The van der Waals surface area contributed by atoms with Crippen molar-refractivity contribution in [1.82, 2.24) is 0 Å². The van der Waals surface area contributed by atoms with Gasteiger partial charge in [-0.05, 0) is 43.0 Å². The summed E-state index contributed by atoms with van der Waals surface area (Å²) < 4.78 is 14.5. The number of allylic oxidation sites excluding steroid dienone is 5. The molecule has 0 saturated heterocycles. The minimum Gasteiger partial charge on any atom is -0.206 e. The Hall–Kier alpha value is -2.14. The predicted octanol–water partition coefficient (Wildman–Crippen LogP) is 6.20. The zero-order valence-electron chi connectivity index (χ0n) is 13.7. The summed E-state index contributed by atoms with van der Waals surface area (Å²) in [6, 6.07) is 8.93. The van der Waals surface area contributed by atoms with Crippen LogP contribution in [0.1, 0.15) is 51.2 Å². The standard InChI is InChI=1S/C20H24FN/c1-5-7-8-15(3)16(4)13-20(21)19(6-2)18-11-9-17(14-22)10-12-18/h6,9-13,15H,2,5,7-8H2,1,3-4H3/b16-13+,20-19-. The number of nitriles is 1. The van der Waals surface area contributed by atoms with Crippen molar-refractivity contribution in [2.24, 2.45) is 5.92 Å². The van der Waals surface area contributed by atoms with E-state index in [1.54, 1.807) is 30.3 Å². The maximum Gasteiger partial charge on any atom is 0.130 e. The van der Waals surface area contributed by atoms with Gasteiger partial charge in [0.05, 0.1) is 11.6 Å². The Morgan fingerprint density at radius 2 is 2.00 bits per heavy atom. The van der Waals surface area contributed by atoms with Crippen molar-refractivity contribution in [3.8, 4) is 6.07 Å². The summed E-state index contributed by atoms with van der Waals surface area (Å²) in [5.41, 5.74) is 2.80. The monoisotopic (exact) mass is 297 g/mol. The second-order valence-electron chi connectivity index (χ2n) is 5.59. The summed E-state index contributed by atoms with van der Waals surface area (Å²) in [5, 5.41) is 8.82. The quantitative estimate of drug-likeness (QED) is 0.550. The summed E-state index contributed by atoms with van der Waals surface area (Å²) in [6.45, 7) is 9.97.